The Balaban J connectivity index is 1.28. The third-order valence-corrected chi connectivity index (χ3v) is 10.9. The SMILES string of the molecule is CC(=O)NCCNCc1cc(Cl)c(OCC2(c3nnc(CN4CCC(CO)CC4)o3)C=CC=C(c3ccccc3C)C2C)cc1OCc1cccc(C#N)c1. The van der Waals surface area contributed by atoms with E-state index in [1.54, 1.807) is 18.2 Å². The number of hydrogen-bond acceptors (Lipinski definition) is 10. The van der Waals surface area contributed by atoms with Crippen molar-refractivity contribution >= 4 is 23.1 Å². The first kappa shape index (κ1) is 39.7. The van der Waals surface area contributed by atoms with Gasteiger partial charge in [-0.25, -0.2) is 0 Å². The molecule has 3 N–H and O–H groups in total. The molecule has 3 aromatic carbocycles. The highest BCUT2D eigenvalue weighted by atomic mass is 35.5. The number of halogens is 1. The summed E-state index contributed by atoms with van der Waals surface area (Å²) in [5.41, 5.74) is 4.80. The second-order valence-electron chi connectivity index (χ2n) is 14.4. The fraction of sp³-hybridized carbons (Fsp3) is 0.395. The number of rotatable bonds is 16. The molecule has 0 saturated carbocycles. The number of aliphatic hydroxyl groups excluding tert-OH is 1. The summed E-state index contributed by atoms with van der Waals surface area (Å²) in [4.78, 5) is 13.6. The number of amides is 1. The number of nitrogens with one attached hydrogen (secondary N) is 2. The molecule has 1 fully saturated rings. The standard InChI is InChI=1S/C43H49ClN6O5/c1-29-8-4-5-11-36(29)37-12-7-15-43(30(37)2,42-49-48-41(55-42)25-50-18-13-32(26-51)14-19-50)28-54-40-22-39(53-27-34-10-6-9-33(20-34)23-45)35(21-38(40)44)24-46-16-17-47-31(3)52/h4-12,15,20-22,30,32,46,51H,13-14,16-19,24-28H2,1-3H3,(H,47,52). The first-order chi connectivity index (χ1) is 26.7. The number of carbonyl (C=O) groups excluding carboxylic acids is 1. The Morgan fingerprint density at radius 1 is 1.09 bits per heavy atom. The van der Waals surface area contributed by atoms with Crippen molar-refractivity contribution in [2.45, 2.75) is 58.7 Å². The molecule has 4 aromatic rings. The van der Waals surface area contributed by atoms with Gasteiger partial charge in [0.05, 0.1) is 23.2 Å². The van der Waals surface area contributed by atoms with Crippen LogP contribution in [0.15, 0.2) is 83.3 Å². The molecular formula is C43H49ClN6O5. The summed E-state index contributed by atoms with van der Waals surface area (Å²) in [5, 5.41) is 34.7. The Hall–Kier alpha value is -4.99. The van der Waals surface area contributed by atoms with Gasteiger partial charge in [-0.1, -0.05) is 73.2 Å². The zero-order chi connectivity index (χ0) is 38.8. The van der Waals surface area contributed by atoms with Crippen LogP contribution < -0.4 is 20.1 Å². The van der Waals surface area contributed by atoms with Gasteiger partial charge in [0.2, 0.25) is 17.7 Å². The number of benzene rings is 3. The first-order valence-corrected chi connectivity index (χ1v) is 19.2. The van der Waals surface area contributed by atoms with Crippen molar-refractivity contribution in [3.63, 3.8) is 0 Å². The zero-order valence-electron chi connectivity index (χ0n) is 31.7. The molecule has 1 aromatic heterocycles. The molecule has 0 spiro atoms. The van der Waals surface area contributed by atoms with E-state index in [1.807, 2.05) is 36.4 Å². The summed E-state index contributed by atoms with van der Waals surface area (Å²) in [5.74, 6) is 2.12. The molecule has 55 heavy (non-hydrogen) atoms. The summed E-state index contributed by atoms with van der Waals surface area (Å²) in [7, 11) is 0. The largest absolute Gasteiger partial charge is 0.490 e. The molecule has 6 rings (SSSR count). The van der Waals surface area contributed by atoms with E-state index in [4.69, 9.17) is 25.5 Å². The van der Waals surface area contributed by atoms with Crippen LogP contribution in [0.5, 0.6) is 11.5 Å². The van der Waals surface area contributed by atoms with Gasteiger partial charge >= 0.3 is 0 Å². The molecule has 2 unspecified atom stereocenters. The highest BCUT2D eigenvalue weighted by Gasteiger charge is 2.45. The van der Waals surface area contributed by atoms with Crippen LogP contribution in [0.1, 0.15) is 66.3 Å². The van der Waals surface area contributed by atoms with Crippen molar-refractivity contribution in [2.75, 3.05) is 39.4 Å². The molecule has 288 valence electrons. The maximum atomic E-state index is 11.4. The highest BCUT2D eigenvalue weighted by Crippen LogP contribution is 2.46. The minimum atomic E-state index is -0.840. The van der Waals surface area contributed by atoms with Crippen LogP contribution in [-0.2, 0) is 29.9 Å². The number of likely N-dealkylation sites (tertiary alicyclic amines) is 1. The fourth-order valence-corrected chi connectivity index (χ4v) is 7.46. The second kappa shape index (κ2) is 18.6. The highest BCUT2D eigenvalue weighted by molar-refractivity contribution is 6.32. The molecule has 1 aliphatic carbocycles. The minimum Gasteiger partial charge on any atom is -0.490 e. The van der Waals surface area contributed by atoms with E-state index in [1.165, 1.54) is 6.92 Å². The molecule has 1 aliphatic heterocycles. The van der Waals surface area contributed by atoms with Crippen molar-refractivity contribution in [1.82, 2.24) is 25.7 Å². The Morgan fingerprint density at radius 2 is 1.91 bits per heavy atom. The van der Waals surface area contributed by atoms with E-state index < -0.39 is 5.41 Å². The smallest absolute Gasteiger partial charge is 0.230 e. The van der Waals surface area contributed by atoms with E-state index >= 15 is 0 Å². The normalized spacial score (nSPS) is 18.8. The van der Waals surface area contributed by atoms with Crippen molar-refractivity contribution in [3.8, 4) is 17.6 Å². The quantitative estimate of drug-likeness (QED) is 0.108. The number of allylic oxidation sites excluding steroid dienone is 3. The van der Waals surface area contributed by atoms with Crippen LogP contribution in [0, 0.1) is 30.1 Å². The number of nitrogens with zero attached hydrogens (tertiary/aromatic N) is 4. The average Bonchev–Trinajstić information content (AvgIpc) is 3.67. The predicted molar refractivity (Wildman–Crippen MR) is 211 cm³/mol. The number of ether oxygens (including phenoxy) is 2. The molecule has 0 radical (unpaired) electrons. The summed E-state index contributed by atoms with van der Waals surface area (Å²) >= 11 is 6.96. The molecule has 12 heteroatoms. The van der Waals surface area contributed by atoms with Crippen LogP contribution in [0.3, 0.4) is 0 Å². The number of nitriles is 1. The van der Waals surface area contributed by atoms with Gasteiger partial charge < -0.3 is 29.6 Å². The molecule has 1 saturated heterocycles. The fourth-order valence-electron chi connectivity index (χ4n) is 7.22. The van der Waals surface area contributed by atoms with Crippen LogP contribution >= 0.6 is 11.6 Å². The molecule has 2 aliphatic rings. The van der Waals surface area contributed by atoms with Crippen LogP contribution in [0.25, 0.3) is 5.57 Å². The van der Waals surface area contributed by atoms with Gasteiger partial charge in [0, 0.05) is 50.7 Å². The molecular weight excluding hydrogens is 716 g/mol. The third-order valence-electron chi connectivity index (χ3n) is 10.6. The monoisotopic (exact) mass is 764 g/mol. The zero-order valence-corrected chi connectivity index (χ0v) is 32.4. The molecule has 2 atom stereocenters. The molecule has 11 nitrogen and oxygen atoms in total. The van der Waals surface area contributed by atoms with Crippen molar-refractivity contribution in [3.05, 3.63) is 124 Å². The van der Waals surface area contributed by atoms with Gasteiger partial charge in [0.1, 0.15) is 30.1 Å². The molecule has 0 bridgehead atoms. The van der Waals surface area contributed by atoms with Gasteiger partial charge in [-0.3, -0.25) is 9.69 Å². The Kier molecular flexibility index (Phi) is 13.4. The van der Waals surface area contributed by atoms with Gasteiger partial charge in [0.15, 0.2) is 0 Å². The van der Waals surface area contributed by atoms with Gasteiger partial charge in [0.25, 0.3) is 0 Å². The lowest BCUT2D eigenvalue weighted by Gasteiger charge is -2.37. The number of aryl methyl sites for hydroxylation is 1. The van der Waals surface area contributed by atoms with E-state index in [9.17, 15) is 15.2 Å². The van der Waals surface area contributed by atoms with Crippen LogP contribution in [0.4, 0.5) is 0 Å². The minimum absolute atomic E-state index is 0.0907. The van der Waals surface area contributed by atoms with Crippen molar-refractivity contribution in [1.29, 1.82) is 5.26 Å². The Bertz CT molecular complexity index is 2050. The van der Waals surface area contributed by atoms with E-state index in [0.717, 1.165) is 53.8 Å². The van der Waals surface area contributed by atoms with Crippen molar-refractivity contribution < 1.29 is 23.8 Å². The summed E-state index contributed by atoms with van der Waals surface area (Å²) in [6, 6.07) is 21.4. The Labute approximate surface area is 328 Å². The lowest BCUT2D eigenvalue weighted by Crippen LogP contribution is -2.40. The Morgan fingerprint density at radius 3 is 2.67 bits per heavy atom. The summed E-state index contributed by atoms with van der Waals surface area (Å²) in [6.07, 6.45) is 8.14. The van der Waals surface area contributed by atoms with Crippen LogP contribution in [0.2, 0.25) is 5.02 Å². The number of aromatic nitrogens is 2. The van der Waals surface area contributed by atoms with Crippen molar-refractivity contribution in [2.24, 2.45) is 11.8 Å². The molecule has 1 amide bonds. The topological polar surface area (TPSA) is 146 Å². The van der Waals surface area contributed by atoms with Gasteiger partial charge in [-0.05, 0) is 79.2 Å². The number of carbonyl (C=O) groups is 1. The molecule has 2 heterocycles. The van der Waals surface area contributed by atoms with E-state index in [2.05, 4.69) is 69.9 Å². The average molecular weight is 765 g/mol. The lowest BCUT2D eigenvalue weighted by molar-refractivity contribution is -0.118. The van der Waals surface area contributed by atoms with Gasteiger partial charge in [-0.2, -0.15) is 5.26 Å². The first-order valence-electron chi connectivity index (χ1n) is 18.8. The van der Waals surface area contributed by atoms with E-state index in [0.29, 0.717) is 66.0 Å². The second-order valence-corrected chi connectivity index (χ2v) is 14.8. The van der Waals surface area contributed by atoms with E-state index in [-0.39, 0.29) is 31.6 Å². The van der Waals surface area contributed by atoms with Gasteiger partial charge in [-0.15, -0.1) is 10.2 Å². The summed E-state index contributed by atoms with van der Waals surface area (Å²) < 4.78 is 19.6. The maximum absolute atomic E-state index is 11.4. The summed E-state index contributed by atoms with van der Waals surface area (Å²) in [6.45, 7) is 10.1. The lowest BCUT2D eigenvalue weighted by atomic mass is 9.68. The van der Waals surface area contributed by atoms with Crippen LogP contribution in [-0.4, -0.2) is 65.5 Å². The third kappa shape index (κ3) is 9.82. The number of piperidine rings is 1. The number of aliphatic hydroxyl groups is 1. The predicted octanol–water partition coefficient (Wildman–Crippen LogP) is 6.52. The maximum Gasteiger partial charge on any atom is 0.230 e. The number of hydrogen-bond donors (Lipinski definition) is 3.